The highest BCUT2D eigenvalue weighted by molar-refractivity contribution is 6.08. The highest BCUT2D eigenvalue weighted by atomic mass is 16.6. The molecule has 1 atom stereocenters. The third-order valence-corrected chi connectivity index (χ3v) is 5.43. The minimum absolute atomic E-state index is 0.0936. The third kappa shape index (κ3) is 4.16. The first-order valence-corrected chi connectivity index (χ1v) is 9.67. The lowest BCUT2D eigenvalue weighted by Gasteiger charge is -2.27. The fraction of sp³-hybridized carbons (Fsp3) is 0.348. The maximum atomic E-state index is 13.7. The van der Waals surface area contributed by atoms with Gasteiger partial charge in [0.05, 0.1) is 19.1 Å². The predicted molar refractivity (Wildman–Crippen MR) is 113 cm³/mol. The molecule has 0 aromatic heterocycles. The van der Waals surface area contributed by atoms with Gasteiger partial charge in [-0.25, -0.2) is 0 Å². The van der Waals surface area contributed by atoms with E-state index in [1.165, 1.54) is 0 Å². The standard InChI is InChI=1S/C23H26N2O4/c1-17(2)11-12-23(13-14-25(27)28)20-15-19(29-3)9-10-21(20)24(22(23)26)16-18-7-5-4-6-8-18/h4-11,15H,12-14,16H2,1-3H3/t23-/m0/s1. The van der Waals surface area contributed by atoms with Gasteiger partial charge in [0.1, 0.15) is 5.75 Å². The summed E-state index contributed by atoms with van der Waals surface area (Å²) in [6.07, 6.45) is 2.56. The quantitative estimate of drug-likeness (QED) is 0.375. The average Bonchev–Trinajstić information content (AvgIpc) is 2.93. The smallest absolute Gasteiger partial charge is 0.238 e. The fourth-order valence-corrected chi connectivity index (χ4v) is 3.87. The van der Waals surface area contributed by atoms with Gasteiger partial charge in [0.15, 0.2) is 0 Å². The Morgan fingerprint density at radius 1 is 1.21 bits per heavy atom. The summed E-state index contributed by atoms with van der Waals surface area (Å²) in [6.45, 7) is 4.09. The molecule has 0 N–H and O–H groups in total. The van der Waals surface area contributed by atoms with Crippen LogP contribution in [-0.2, 0) is 16.8 Å². The number of rotatable bonds is 8. The summed E-state index contributed by atoms with van der Waals surface area (Å²) < 4.78 is 5.39. The highest BCUT2D eigenvalue weighted by Gasteiger charge is 2.51. The Morgan fingerprint density at radius 2 is 1.93 bits per heavy atom. The highest BCUT2D eigenvalue weighted by Crippen LogP contribution is 2.48. The fourth-order valence-electron chi connectivity index (χ4n) is 3.87. The van der Waals surface area contributed by atoms with Gasteiger partial charge in [-0.1, -0.05) is 42.0 Å². The van der Waals surface area contributed by atoms with E-state index in [1.54, 1.807) is 12.0 Å². The second kappa shape index (κ2) is 8.47. The summed E-state index contributed by atoms with van der Waals surface area (Å²) in [6, 6.07) is 15.3. The SMILES string of the molecule is COc1ccc2c(c1)[C@](CC=C(C)C)(CC[N+](=O)[O-])C(=O)N2Cc1ccccc1. The molecule has 2 aromatic carbocycles. The largest absolute Gasteiger partial charge is 0.497 e. The van der Waals surface area contributed by atoms with Crippen LogP contribution in [0.1, 0.15) is 37.8 Å². The summed E-state index contributed by atoms with van der Waals surface area (Å²) in [7, 11) is 1.58. The number of fused-ring (bicyclic) bond motifs is 1. The molecule has 0 saturated heterocycles. The number of hydrogen-bond acceptors (Lipinski definition) is 4. The van der Waals surface area contributed by atoms with Gasteiger partial charge in [0.2, 0.25) is 12.5 Å². The van der Waals surface area contributed by atoms with E-state index in [0.717, 1.165) is 22.4 Å². The predicted octanol–water partition coefficient (Wildman–Crippen LogP) is 4.50. The topological polar surface area (TPSA) is 72.7 Å². The molecular weight excluding hydrogens is 368 g/mol. The van der Waals surface area contributed by atoms with E-state index in [-0.39, 0.29) is 23.8 Å². The first-order chi connectivity index (χ1) is 13.9. The minimum Gasteiger partial charge on any atom is -0.497 e. The summed E-state index contributed by atoms with van der Waals surface area (Å²) >= 11 is 0. The van der Waals surface area contributed by atoms with Gasteiger partial charge in [-0.15, -0.1) is 0 Å². The zero-order valence-corrected chi connectivity index (χ0v) is 17.1. The molecule has 1 heterocycles. The van der Waals surface area contributed by atoms with Crippen molar-refractivity contribution < 1.29 is 14.5 Å². The number of carbonyl (C=O) groups is 1. The van der Waals surface area contributed by atoms with E-state index in [2.05, 4.69) is 0 Å². The van der Waals surface area contributed by atoms with Crippen molar-refractivity contribution in [3.8, 4) is 5.75 Å². The van der Waals surface area contributed by atoms with Crippen molar-refractivity contribution in [2.45, 2.75) is 38.6 Å². The van der Waals surface area contributed by atoms with Crippen LogP contribution in [-0.4, -0.2) is 24.5 Å². The average molecular weight is 394 g/mol. The molecule has 1 aliphatic rings. The minimum atomic E-state index is -0.969. The normalized spacial score (nSPS) is 17.8. The van der Waals surface area contributed by atoms with E-state index in [9.17, 15) is 14.9 Å². The van der Waals surface area contributed by atoms with Gasteiger partial charge in [-0.05, 0) is 49.6 Å². The van der Waals surface area contributed by atoms with Crippen molar-refractivity contribution in [3.63, 3.8) is 0 Å². The van der Waals surface area contributed by atoms with Crippen molar-refractivity contribution in [1.82, 2.24) is 0 Å². The molecule has 0 aliphatic carbocycles. The lowest BCUT2D eigenvalue weighted by atomic mass is 9.75. The molecule has 29 heavy (non-hydrogen) atoms. The zero-order valence-electron chi connectivity index (χ0n) is 17.1. The second-order valence-electron chi connectivity index (χ2n) is 7.63. The maximum absolute atomic E-state index is 13.7. The molecule has 0 radical (unpaired) electrons. The first kappa shape index (κ1) is 20.6. The lowest BCUT2D eigenvalue weighted by Crippen LogP contribution is -2.41. The van der Waals surface area contributed by atoms with Gasteiger partial charge in [0.25, 0.3) is 0 Å². The summed E-state index contributed by atoms with van der Waals surface area (Å²) in [5, 5.41) is 11.2. The van der Waals surface area contributed by atoms with Gasteiger partial charge < -0.3 is 9.64 Å². The molecule has 6 nitrogen and oxygen atoms in total. The number of benzene rings is 2. The number of carbonyl (C=O) groups excluding carboxylic acids is 1. The van der Waals surface area contributed by atoms with Crippen LogP contribution in [0.25, 0.3) is 0 Å². The van der Waals surface area contributed by atoms with E-state index >= 15 is 0 Å². The molecule has 0 unspecified atom stereocenters. The molecule has 0 spiro atoms. The van der Waals surface area contributed by atoms with E-state index < -0.39 is 5.41 Å². The van der Waals surface area contributed by atoms with Crippen molar-refractivity contribution in [2.24, 2.45) is 0 Å². The van der Waals surface area contributed by atoms with Crippen LogP contribution in [0.4, 0.5) is 5.69 Å². The molecule has 1 aliphatic heterocycles. The number of amides is 1. The Hall–Kier alpha value is -3.15. The third-order valence-electron chi connectivity index (χ3n) is 5.43. The second-order valence-corrected chi connectivity index (χ2v) is 7.63. The molecule has 0 fully saturated rings. The Bertz CT molecular complexity index is 935. The zero-order chi connectivity index (χ0) is 21.0. The summed E-state index contributed by atoms with van der Waals surface area (Å²) in [5.41, 5.74) is 2.71. The molecule has 1 amide bonds. The van der Waals surface area contributed by atoms with Crippen molar-refractivity contribution >= 4 is 11.6 Å². The number of nitrogens with zero attached hydrogens (tertiary/aromatic N) is 2. The van der Waals surface area contributed by atoms with Crippen LogP contribution in [0.3, 0.4) is 0 Å². The van der Waals surface area contributed by atoms with Crippen molar-refractivity contribution in [3.05, 3.63) is 81.4 Å². The number of ether oxygens (including phenoxy) is 1. The van der Waals surface area contributed by atoms with Gasteiger partial charge >= 0.3 is 0 Å². The van der Waals surface area contributed by atoms with Crippen LogP contribution in [0.15, 0.2) is 60.2 Å². The van der Waals surface area contributed by atoms with E-state index in [4.69, 9.17) is 4.74 Å². The summed E-state index contributed by atoms with van der Waals surface area (Å²) in [4.78, 5) is 26.3. The number of anilines is 1. The lowest BCUT2D eigenvalue weighted by molar-refractivity contribution is -0.481. The van der Waals surface area contributed by atoms with Crippen LogP contribution in [0.2, 0.25) is 0 Å². The Balaban J connectivity index is 2.12. The first-order valence-electron chi connectivity index (χ1n) is 9.67. The Morgan fingerprint density at radius 3 is 2.55 bits per heavy atom. The monoisotopic (exact) mass is 394 g/mol. The molecule has 2 aromatic rings. The van der Waals surface area contributed by atoms with Gasteiger partial charge in [-0.2, -0.15) is 0 Å². The van der Waals surface area contributed by atoms with Crippen LogP contribution < -0.4 is 9.64 Å². The van der Waals surface area contributed by atoms with Crippen LogP contribution in [0.5, 0.6) is 5.75 Å². The molecular formula is C23H26N2O4. The molecule has 0 saturated carbocycles. The van der Waals surface area contributed by atoms with Crippen molar-refractivity contribution in [2.75, 3.05) is 18.6 Å². The number of allylic oxidation sites excluding steroid dienone is 2. The number of nitro groups is 1. The van der Waals surface area contributed by atoms with Crippen LogP contribution >= 0.6 is 0 Å². The molecule has 0 bridgehead atoms. The van der Waals surface area contributed by atoms with Gasteiger partial charge in [-0.3, -0.25) is 14.9 Å². The maximum Gasteiger partial charge on any atom is 0.238 e. The van der Waals surface area contributed by atoms with E-state index in [0.29, 0.717) is 18.7 Å². The van der Waals surface area contributed by atoms with E-state index in [1.807, 2.05) is 68.5 Å². The van der Waals surface area contributed by atoms with Crippen LogP contribution in [0, 0.1) is 10.1 Å². The molecule has 6 heteroatoms. The molecule has 3 rings (SSSR count). The Labute approximate surface area is 170 Å². The van der Waals surface area contributed by atoms with Gasteiger partial charge in [0, 0.05) is 17.0 Å². The Kier molecular flexibility index (Phi) is 6.01. The number of hydrogen-bond donors (Lipinski definition) is 0. The van der Waals surface area contributed by atoms with Crippen molar-refractivity contribution in [1.29, 1.82) is 0 Å². The summed E-state index contributed by atoms with van der Waals surface area (Å²) in [5.74, 6) is 0.546. The number of methoxy groups -OCH3 is 1. The molecule has 152 valence electrons.